The normalized spacial score (nSPS) is 10.2. The minimum Gasteiger partial charge on any atom is -0.497 e. The Kier molecular flexibility index (Phi) is 5.94. The van der Waals surface area contributed by atoms with Crippen molar-refractivity contribution in [2.45, 2.75) is 6.42 Å². The largest absolute Gasteiger partial charge is 0.497 e. The standard InChI is InChI=1S/C12H15BrO5/c1-16-8-5-10(13)9(11(6-8)17-2)3-4-18-7-12(14)15/h5-6H,3-4,7H2,1-2H3,(H,14,15). The second-order valence-electron chi connectivity index (χ2n) is 3.49. The van der Waals surface area contributed by atoms with Gasteiger partial charge in [0.15, 0.2) is 0 Å². The van der Waals surface area contributed by atoms with E-state index in [1.807, 2.05) is 6.07 Å². The Balaban J connectivity index is 2.72. The topological polar surface area (TPSA) is 65.0 Å². The summed E-state index contributed by atoms with van der Waals surface area (Å²) in [6.07, 6.45) is 0.557. The molecule has 0 amide bonds. The molecule has 0 radical (unpaired) electrons. The molecule has 18 heavy (non-hydrogen) atoms. The van der Waals surface area contributed by atoms with Gasteiger partial charge in [-0.05, 0) is 6.07 Å². The van der Waals surface area contributed by atoms with Gasteiger partial charge in [0.25, 0.3) is 0 Å². The molecule has 0 unspecified atom stereocenters. The number of rotatable bonds is 7. The zero-order valence-electron chi connectivity index (χ0n) is 10.2. The van der Waals surface area contributed by atoms with Crippen molar-refractivity contribution in [2.24, 2.45) is 0 Å². The fraction of sp³-hybridized carbons (Fsp3) is 0.417. The van der Waals surface area contributed by atoms with Gasteiger partial charge in [-0.25, -0.2) is 4.79 Å². The van der Waals surface area contributed by atoms with Crippen molar-refractivity contribution in [3.05, 3.63) is 22.2 Å². The summed E-state index contributed by atoms with van der Waals surface area (Å²) in [4.78, 5) is 10.3. The number of hydrogen-bond donors (Lipinski definition) is 1. The first-order chi connectivity index (χ1) is 8.58. The van der Waals surface area contributed by atoms with Crippen LogP contribution < -0.4 is 9.47 Å². The molecule has 1 N–H and O–H groups in total. The molecule has 0 fully saturated rings. The Labute approximate surface area is 114 Å². The fourth-order valence-corrected chi connectivity index (χ4v) is 2.08. The quantitative estimate of drug-likeness (QED) is 0.780. The van der Waals surface area contributed by atoms with Crippen molar-refractivity contribution in [3.63, 3.8) is 0 Å². The maximum absolute atomic E-state index is 10.3. The molecule has 6 heteroatoms. The molecular weight excluding hydrogens is 304 g/mol. The number of aliphatic carboxylic acids is 1. The third kappa shape index (κ3) is 4.19. The molecule has 0 aliphatic carbocycles. The smallest absolute Gasteiger partial charge is 0.329 e. The van der Waals surface area contributed by atoms with E-state index in [0.29, 0.717) is 24.5 Å². The van der Waals surface area contributed by atoms with Crippen LogP contribution in [0, 0.1) is 0 Å². The Morgan fingerprint density at radius 2 is 2.06 bits per heavy atom. The van der Waals surface area contributed by atoms with Gasteiger partial charge in [0.1, 0.15) is 18.1 Å². The molecule has 0 aliphatic heterocycles. The summed E-state index contributed by atoms with van der Waals surface area (Å²) < 4.78 is 16.2. The van der Waals surface area contributed by atoms with Crippen LogP contribution >= 0.6 is 15.9 Å². The van der Waals surface area contributed by atoms with Crippen LogP contribution in [0.4, 0.5) is 0 Å². The van der Waals surface area contributed by atoms with E-state index >= 15 is 0 Å². The highest BCUT2D eigenvalue weighted by atomic mass is 79.9. The number of carboxylic acid groups (broad SMARTS) is 1. The molecule has 100 valence electrons. The first-order valence-corrected chi connectivity index (χ1v) is 6.07. The first-order valence-electron chi connectivity index (χ1n) is 5.28. The summed E-state index contributed by atoms with van der Waals surface area (Å²) in [5.41, 5.74) is 0.920. The lowest BCUT2D eigenvalue weighted by atomic mass is 10.1. The van der Waals surface area contributed by atoms with Gasteiger partial charge in [0.05, 0.1) is 20.8 Å². The Bertz CT molecular complexity index is 419. The number of carbonyl (C=O) groups is 1. The van der Waals surface area contributed by atoms with E-state index in [-0.39, 0.29) is 6.61 Å². The molecule has 0 saturated heterocycles. The number of carboxylic acids is 1. The van der Waals surface area contributed by atoms with Crippen LogP contribution in [-0.4, -0.2) is 38.5 Å². The summed E-state index contributed by atoms with van der Waals surface area (Å²) in [5.74, 6) is 0.393. The molecule has 0 aliphatic rings. The van der Waals surface area contributed by atoms with Gasteiger partial charge in [-0.2, -0.15) is 0 Å². The van der Waals surface area contributed by atoms with Crippen LogP contribution in [0.5, 0.6) is 11.5 Å². The maximum atomic E-state index is 10.3. The average Bonchev–Trinajstić information content (AvgIpc) is 2.34. The van der Waals surface area contributed by atoms with Gasteiger partial charge in [0, 0.05) is 22.5 Å². The van der Waals surface area contributed by atoms with Gasteiger partial charge in [-0.15, -0.1) is 0 Å². The molecule has 0 heterocycles. The van der Waals surface area contributed by atoms with Crippen molar-refractivity contribution in [1.29, 1.82) is 0 Å². The van der Waals surface area contributed by atoms with Gasteiger partial charge in [-0.1, -0.05) is 15.9 Å². The number of halogens is 1. The van der Waals surface area contributed by atoms with Crippen LogP contribution in [-0.2, 0) is 16.0 Å². The lowest BCUT2D eigenvalue weighted by Gasteiger charge is -2.12. The van der Waals surface area contributed by atoms with Gasteiger partial charge in [0.2, 0.25) is 0 Å². The summed E-state index contributed by atoms with van der Waals surface area (Å²) in [7, 11) is 3.15. The molecule has 0 atom stereocenters. The van der Waals surface area contributed by atoms with E-state index < -0.39 is 5.97 Å². The van der Waals surface area contributed by atoms with Gasteiger partial charge < -0.3 is 19.3 Å². The van der Waals surface area contributed by atoms with E-state index in [2.05, 4.69) is 15.9 Å². The van der Waals surface area contributed by atoms with Crippen molar-refractivity contribution in [1.82, 2.24) is 0 Å². The van der Waals surface area contributed by atoms with Crippen LogP contribution in [0.25, 0.3) is 0 Å². The average molecular weight is 319 g/mol. The lowest BCUT2D eigenvalue weighted by Crippen LogP contribution is -2.09. The van der Waals surface area contributed by atoms with E-state index in [4.69, 9.17) is 19.3 Å². The molecule has 5 nitrogen and oxygen atoms in total. The molecule has 0 saturated carbocycles. The zero-order valence-corrected chi connectivity index (χ0v) is 11.8. The lowest BCUT2D eigenvalue weighted by molar-refractivity contribution is -0.142. The third-order valence-corrected chi connectivity index (χ3v) is 3.01. The molecule has 1 aromatic rings. The van der Waals surface area contributed by atoms with E-state index in [1.54, 1.807) is 20.3 Å². The number of ether oxygens (including phenoxy) is 3. The molecule has 0 spiro atoms. The predicted molar refractivity (Wildman–Crippen MR) is 69.4 cm³/mol. The molecular formula is C12H15BrO5. The minimum atomic E-state index is -0.976. The summed E-state index contributed by atoms with van der Waals surface area (Å²) in [6, 6.07) is 3.60. The van der Waals surface area contributed by atoms with E-state index in [1.165, 1.54) is 0 Å². The monoisotopic (exact) mass is 318 g/mol. The van der Waals surface area contributed by atoms with Crippen LogP contribution in [0.15, 0.2) is 16.6 Å². The van der Waals surface area contributed by atoms with Gasteiger partial charge >= 0.3 is 5.97 Å². The van der Waals surface area contributed by atoms with Crippen molar-refractivity contribution >= 4 is 21.9 Å². The van der Waals surface area contributed by atoms with Crippen LogP contribution in [0.3, 0.4) is 0 Å². The van der Waals surface area contributed by atoms with Crippen molar-refractivity contribution in [3.8, 4) is 11.5 Å². The minimum absolute atomic E-state index is 0.296. The fourth-order valence-electron chi connectivity index (χ4n) is 1.46. The van der Waals surface area contributed by atoms with Gasteiger partial charge in [-0.3, -0.25) is 0 Å². The highest BCUT2D eigenvalue weighted by molar-refractivity contribution is 9.10. The Morgan fingerprint density at radius 3 is 2.61 bits per heavy atom. The Hall–Kier alpha value is -1.27. The summed E-state index contributed by atoms with van der Waals surface area (Å²) in [6.45, 7) is 0.0175. The maximum Gasteiger partial charge on any atom is 0.329 e. The van der Waals surface area contributed by atoms with Crippen molar-refractivity contribution in [2.75, 3.05) is 27.4 Å². The number of hydrogen-bond acceptors (Lipinski definition) is 4. The second kappa shape index (κ2) is 7.23. The number of methoxy groups -OCH3 is 2. The molecule has 0 bridgehead atoms. The third-order valence-electron chi connectivity index (χ3n) is 2.31. The van der Waals surface area contributed by atoms with Crippen molar-refractivity contribution < 1.29 is 24.1 Å². The second-order valence-corrected chi connectivity index (χ2v) is 4.34. The zero-order chi connectivity index (χ0) is 13.5. The SMILES string of the molecule is COc1cc(Br)c(CCOCC(=O)O)c(OC)c1. The number of benzene rings is 1. The summed E-state index contributed by atoms with van der Waals surface area (Å²) in [5, 5.41) is 8.46. The van der Waals surface area contributed by atoms with Crippen LogP contribution in [0.2, 0.25) is 0 Å². The molecule has 1 rings (SSSR count). The summed E-state index contributed by atoms with van der Waals surface area (Å²) >= 11 is 3.43. The highest BCUT2D eigenvalue weighted by Crippen LogP contribution is 2.32. The van der Waals surface area contributed by atoms with E-state index in [9.17, 15) is 4.79 Å². The highest BCUT2D eigenvalue weighted by Gasteiger charge is 2.10. The first kappa shape index (κ1) is 14.8. The predicted octanol–water partition coefficient (Wildman–Crippen LogP) is 2.11. The molecule has 1 aromatic carbocycles. The Morgan fingerprint density at radius 1 is 1.33 bits per heavy atom. The van der Waals surface area contributed by atoms with Crippen LogP contribution in [0.1, 0.15) is 5.56 Å². The molecule has 0 aromatic heterocycles. The van der Waals surface area contributed by atoms with E-state index in [0.717, 1.165) is 10.0 Å².